The van der Waals surface area contributed by atoms with Crippen LogP contribution in [0, 0.1) is 23.4 Å². The smallest absolute Gasteiger partial charge is 0.255 e. The maximum Gasteiger partial charge on any atom is 0.255 e. The second-order valence-corrected chi connectivity index (χ2v) is 6.88. The Labute approximate surface area is 155 Å². The van der Waals surface area contributed by atoms with Crippen LogP contribution in [0.25, 0.3) is 0 Å². The Kier molecular flexibility index (Phi) is 5.70. The lowest BCUT2D eigenvalue weighted by Gasteiger charge is -2.26. The van der Waals surface area contributed by atoms with E-state index in [0.717, 1.165) is 25.0 Å². The molecule has 4 nitrogen and oxygen atoms in total. The fraction of sp³-hybridized carbons (Fsp3) is 0.350. The van der Waals surface area contributed by atoms with Gasteiger partial charge in [-0.05, 0) is 49.1 Å². The van der Waals surface area contributed by atoms with Crippen molar-refractivity contribution in [1.29, 1.82) is 0 Å². The largest absolute Gasteiger partial charge is 0.391 e. The van der Waals surface area contributed by atoms with E-state index in [1.807, 2.05) is 6.92 Å². The summed E-state index contributed by atoms with van der Waals surface area (Å²) in [6, 6.07) is 6.96. The zero-order valence-corrected chi connectivity index (χ0v) is 14.9. The highest BCUT2D eigenvalue weighted by Crippen LogP contribution is 2.26. The molecule has 144 valence electrons. The molecular weight excluding hydrogens is 357 g/mol. The first-order valence-electron chi connectivity index (χ1n) is 8.84. The Morgan fingerprint density at radius 1 is 1.11 bits per heavy atom. The highest BCUT2D eigenvalue weighted by molar-refractivity contribution is 6.04. The molecule has 1 saturated heterocycles. The van der Waals surface area contributed by atoms with E-state index in [-0.39, 0.29) is 29.4 Å². The van der Waals surface area contributed by atoms with Gasteiger partial charge in [0, 0.05) is 30.4 Å². The second-order valence-electron chi connectivity index (χ2n) is 6.88. The van der Waals surface area contributed by atoms with E-state index < -0.39 is 29.5 Å². The molecular formula is C20H21F3N2O2. The Balaban J connectivity index is 1.81. The first-order chi connectivity index (χ1) is 12.8. The maximum absolute atomic E-state index is 14.4. The van der Waals surface area contributed by atoms with Gasteiger partial charge >= 0.3 is 0 Å². The van der Waals surface area contributed by atoms with E-state index in [1.54, 1.807) is 4.90 Å². The second kappa shape index (κ2) is 8.00. The minimum atomic E-state index is -1.07. The van der Waals surface area contributed by atoms with Gasteiger partial charge in [-0.1, -0.05) is 6.92 Å². The highest BCUT2D eigenvalue weighted by atomic mass is 19.2. The molecule has 3 rings (SSSR count). The Hall–Kier alpha value is -2.54. The van der Waals surface area contributed by atoms with Crippen molar-refractivity contribution in [2.45, 2.75) is 25.9 Å². The number of hydrogen-bond acceptors (Lipinski definition) is 3. The molecule has 27 heavy (non-hydrogen) atoms. The quantitative estimate of drug-likeness (QED) is 0.850. The fourth-order valence-electron chi connectivity index (χ4n) is 3.19. The van der Waals surface area contributed by atoms with Crippen molar-refractivity contribution >= 4 is 17.3 Å². The molecule has 0 spiro atoms. The van der Waals surface area contributed by atoms with Crippen molar-refractivity contribution in [2.24, 2.45) is 5.92 Å². The van der Waals surface area contributed by atoms with Crippen LogP contribution in [0.3, 0.4) is 0 Å². The van der Waals surface area contributed by atoms with Gasteiger partial charge in [0.05, 0.1) is 11.8 Å². The van der Waals surface area contributed by atoms with Crippen molar-refractivity contribution < 1.29 is 23.1 Å². The van der Waals surface area contributed by atoms with Crippen LogP contribution in [-0.2, 0) is 0 Å². The topological polar surface area (TPSA) is 52.6 Å². The number of amides is 1. The van der Waals surface area contributed by atoms with Gasteiger partial charge in [0.2, 0.25) is 0 Å². The van der Waals surface area contributed by atoms with Gasteiger partial charge < -0.3 is 15.3 Å². The van der Waals surface area contributed by atoms with Gasteiger partial charge in [0.15, 0.2) is 11.6 Å². The molecule has 0 aromatic heterocycles. The standard InChI is InChI=1S/C20H21F3N2O2/c1-12-3-2-8-25(11-19(12)26)18-9-13(4-6-16(18)22)20(27)24-14-5-7-15(21)17(23)10-14/h4-7,9-10,12,19,26H,2-3,8,11H2,1H3,(H,24,27)/t12?,19-/m0/s1. The summed E-state index contributed by atoms with van der Waals surface area (Å²) in [4.78, 5) is 14.2. The predicted octanol–water partition coefficient (Wildman–Crippen LogP) is 3.95. The third-order valence-electron chi connectivity index (χ3n) is 4.88. The molecule has 2 aromatic rings. The lowest BCUT2D eigenvalue weighted by Crippen LogP contribution is -2.34. The molecule has 2 aromatic carbocycles. The van der Waals surface area contributed by atoms with Crippen LogP contribution in [-0.4, -0.2) is 30.2 Å². The number of hydrogen-bond donors (Lipinski definition) is 2. The predicted molar refractivity (Wildman–Crippen MR) is 97.3 cm³/mol. The molecule has 1 unspecified atom stereocenters. The zero-order chi connectivity index (χ0) is 19.6. The van der Waals surface area contributed by atoms with Crippen LogP contribution >= 0.6 is 0 Å². The summed E-state index contributed by atoms with van der Waals surface area (Å²) in [7, 11) is 0. The van der Waals surface area contributed by atoms with E-state index in [2.05, 4.69) is 5.32 Å². The minimum Gasteiger partial charge on any atom is -0.391 e. The van der Waals surface area contributed by atoms with Crippen LogP contribution < -0.4 is 10.2 Å². The monoisotopic (exact) mass is 378 g/mol. The first kappa shape index (κ1) is 19.2. The van der Waals surface area contributed by atoms with Crippen LogP contribution in [0.2, 0.25) is 0 Å². The number of halogens is 3. The molecule has 1 aliphatic heterocycles. The summed E-state index contributed by atoms with van der Waals surface area (Å²) in [6.45, 7) is 2.81. The SMILES string of the molecule is CC1CCCN(c2cc(C(=O)Nc3ccc(F)c(F)c3)ccc2F)C[C@@H]1O. The Bertz CT molecular complexity index is 844. The number of carbonyl (C=O) groups excluding carboxylic acids is 1. The van der Waals surface area contributed by atoms with Gasteiger partial charge in [-0.25, -0.2) is 13.2 Å². The number of β-amino-alcohol motifs (C(OH)–C–C–N with tert-alkyl or cyclic N) is 1. The summed E-state index contributed by atoms with van der Waals surface area (Å²) < 4.78 is 40.6. The summed E-state index contributed by atoms with van der Waals surface area (Å²) in [6.07, 6.45) is 1.07. The molecule has 1 fully saturated rings. The summed E-state index contributed by atoms with van der Waals surface area (Å²) in [5.74, 6) is -3.00. The van der Waals surface area contributed by atoms with Crippen LogP contribution in [0.15, 0.2) is 36.4 Å². The molecule has 1 heterocycles. The fourth-order valence-corrected chi connectivity index (χ4v) is 3.19. The molecule has 1 aliphatic rings. The van der Waals surface area contributed by atoms with E-state index in [4.69, 9.17) is 0 Å². The van der Waals surface area contributed by atoms with Crippen molar-refractivity contribution in [3.8, 4) is 0 Å². The number of aliphatic hydroxyl groups is 1. The normalized spacial score (nSPS) is 20.3. The van der Waals surface area contributed by atoms with Crippen LogP contribution in [0.5, 0.6) is 0 Å². The number of aliphatic hydroxyl groups excluding tert-OH is 1. The van der Waals surface area contributed by atoms with Crippen molar-refractivity contribution in [2.75, 3.05) is 23.3 Å². The highest BCUT2D eigenvalue weighted by Gasteiger charge is 2.24. The molecule has 0 radical (unpaired) electrons. The minimum absolute atomic E-state index is 0.101. The molecule has 0 saturated carbocycles. The van der Waals surface area contributed by atoms with E-state index in [1.165, 1.54) is 24.3 Å². The molecule has 0 aliphatic carbocycles. The summed E-state index contributed by atoms with van der Waals surface area (Å²) in [5.41, 5.74) is 0.521. The van der Waals surface area contributed by atoms with Crippen molar-refractivity contribution in [3.05, 3.63) is 59.4 Å². The zero-order valence-electron chi connectivity index (χ0n) is 14.9. The lowest BCUT2D eigenvalue weighted by molar-refractivity contribution is 0.102. The van der Waals surface area contributed by atoms with Gasteiger partial charge in [0.25, 0.3) is 5.91 Å². The average molecular weight is 378 g/mol. The van der Waals surface area contributed by atoms with Crippen LogP contribution in [0.1, 0.15) is 30.1 Å². The molecule has 1 amide bonds. The third kappa shape index (κ3) is 4.42. The summed E-state index contributed by atoms with van der Waals surface area (Å²) >= 11 is 0. The van der Waals surface area contributed by atoms with E-state index >= 15 is 0 Å². The Morgan fingerprint density at radius 2 is 1.85 bits per heavy atom. The van der Waals surface area contributed by atoms with Crippen molar-refractivity contribution in [1.82, 2.24) is 0 Å². The number of nitrogens with one attached hydrogen (secondary N) is 1. The maximum atomic E-state index is 14.4. The van der Waals surface area contributed by atoms with Gasteiger partial charge in [-0.3, -0.25) is 4.79 Å². The molecule has 2 N–H and O–H groups in total. The van der Waals surface area contributed by atoms with Gasteiger partial charge in [-0.2, -0.15) is 0 Å². The molecule has 0 bridgehead atoms. The number of anilines is 2. The number of carbonyl (C=O) groups is 1. The summed E-state index contributed by atoms with van der Waals surface area (Å²) in [5, 5.41) is 12.7. The van der Waals surface area contributed by atoms with E-state index in [9.17, 15) is 23.1 Å². The average Bonchev–Trinajstić information content (AvgIpc) is 2.80. The number of nitrogens with zero attached hydrogens (tertiary/aromatic N) is 1. The van der Waals surface area contributed by atoms with E-state index in [0.29, 0.717) is 6.54 Å². The van der Waals surface area contributed by atoms with Gasteiger partial charge in [-0.15, -0.1) is 0 Å². The number of rotatable bonds is 3. The van der Waals surface area contributed by atoms with Crippen molar-refractivity contribution in [3.63, 3.8) is 0 Å². The lowest BCUT2D eigenvalue weighted by atomic mass is 10.0. The molecule has 2 atom stereocenters. The first-order valence-corrected chi connectivity index (χ1v) is 8.84. The Morgan fingerprint density at radius 3 is 2.59 bits per heavy atom. The van der Waals surface area contributed by atoms with Gasteiger partial charge in [0.1, 0.15) is 5.82 Å². The van der Waals surface area contributed by atoms with Crippen LogP contribution in [0.4, 0.5) is 24.5 Å². The number of benzene rings is 2. The molecule has 7 heteroatoms. The third-order valence-corrected chi connectivity index (χ3v) is 4.88.